The standard InChI is InChI=1S/C13H18F3N3/c1-7-10(5-4-6-11(7)13(14,15)16)8(2)17-12-9(3)18-19-12/h4-6,8-9,12,17-19H,1-3H3/t8-,9-,12?/m1/s1. The Hall–Kier alpha value is -1.11. The van der Waals surface area contributed by atoms with Crippen LogP contribution < -0.4 is 16.2 Å². The van der Waals surface area contributed by atoms with Crippen molar-refractivity contribution in [1.82, 2.24) is 16.2 Å². The third-order valence-corrected chi connectivity index (χ3v) is 3.54. The molecular weight excluding hydrogens is 255 g/mol. The molecule has 0 saturated carbocycles. The Balaban J connectivity index is 2.20. The first kappa shape index (κ1) is 14.3. The molecule has 3 atom stereocenters. The number of nitrogens with one attached hydrogen (secondary N) is 3. The molecule has 3 nitrogen and oxygen atoms in total. The normalized spacial score (nSPS) is 24.9. The van der Waals surface area contributed by atoms with Gasteiger partial charge in [-0.2, -0.15) is 13.2 Å². The fourth-order valence-electron chi connectivity index (χ4n) is 2.31. The van der Waals surface area contributed by atoms with Crippen molar-refractivity contribution in [1.29, 1.82) is 0 Å². The summed E-state index contributed by atoms with van der Waals surface area (Å²) in [5.41, 5.74) is 6.35. The number of hydrazine groups is 1. The lowest BCUT2D eigenvalue weighted by molar-refractivity contribution is -0.138. The van der Waals surface area contributed by atoms with E-state index in [0.29, 0.717) is 5.56 Å². The van der Waals surface area contributed by atoms with Crippen LogP contribution in [-0.4, -0.2) is 12.2 Å². The number of benzene rings is 1. The summed E-state index contributed by atoms with van der Waals surface area (Å²) in [5.74, 6) is 0. The van der Waals surface area contributed by atoms with E-state index in [1.807, 2.05) is 13.8 Å². The van der Waals surface area contributed by atoms with Gasteiger partial charge >= 0.3 is 6.18 Å². The summed E-state index contributed by atoms with van der Waals surface area (Å²) in [4.78, 5) is 0. The summed E-state index contributed by atoms with van der Waals surface area (Å²) < 4.78 is 38.6. The Bertz CT molecular complexity index is 459. The van der Waals surface area contributed by atoms with Crippen molar-refractivity contribution >= 4 is 0 Å². The first-order valence-electron chi connectivity index (χ1n) is 6.24. The average molecular weight is 273 g/mol. The highest BCUT2D eigenvalue weighted by Gasteiger charge is 2.34. The van der Waals surface area contributed by atoms with E-state index < -0.39 is 11.7 Å². The maximum Gasteiger partial charge on any atom is 0.416 e. The van der Waals surface area contributed by atoms with E-state index >= 15 is 0 Å². The van der Waals surface area contributed by atoms with Gasteiger partial charge < -0.3 is 0 Å². The topological polar surface area (TPSA) is 36.1 Å². The lowest BCUT2D eigenvalue weighted by Crippen LogP contribution is -2.71. The van der Waals surface area contributed by atoms with E-state index in [9.17, 15) is 13.2 Å². The second-order valence-corrected chi connectivity index (χ2v) is 4.96. The van der Waals surface area contributed by atoms with Crippen LogP contribution in [0.15, 0.2) is 18.2 Å². The van der Waals surface area contributed by atoms with Gasteiger partial charge in [0.05, 0.1) is 11.7 Å². The molecule has 0 spiro atoms. The zero-order valence-corrected chi connectivity index (χ0v) is 11.1. The van der Waals surface area contributed by atoms with Gasteiger partial charge in [0.1, 0.15) is 0 Å². The van der Waals surface area contributed by atoms with Gasteiger partial charge in [-0.3, -0.25) is 10.7 Å². The van der Waals surface area contributed by atoms with Gasteiger partial charge in [0.25, 0.3) is 0 Å². The molecule has 1 saturated heterocycles. The van der Waals surface area contributed by atoms with Crippen molar-refractivity contribution in [2.24, 2.45) is 0 Å². The van der Waals surface area contributed by atoms with E-state index in [0.717, 1.165) is 6.07 Å². The fourth-order valence-corrected chi connectivity index (χ4v) is 2.31. The summed E-state index contributed by atoms with van der Waals surface area (Å²) in [6.45, 7) is 5.39. The molecule has 1 aromatic carbocycles. The van der Waals surface area contributed by atoms with Crippen LogP contribution >= 0.6 is 0 Å². The van der Waals surface area contributed by atoms with Crippen molar-refractivity contribution in [3.05, 3.63) is 34.9 Å². The smallest absolute Gasteiger partial charge is 0.293 e. The summed E-state index contributed by atoms with van der Waals surface area (Å²) in [7, 11) is 0. The zero-order chi connectivity index (χ0) is 14.2. The Kier molecular flexibility index (Phi) is 3.85. The second kappa shape index (κ2) is 5.11. The van der Waals surface area contributed by atoms with Crippen molar-refractivity contribution in [3.8, 4) is 0 Å². The summed E-state index contributed by atoms with van der Waals surface area (Å²) in [6.07, 6.45) is -4.23. The Morgan fingerprint density at radius 1 is 1.26 bits per heavy atom. The van der Waals surface area contributed by atoms with Crippen LogP contribution in [0.4, 0.5) is 13.2 Å². The highest BCUT2D eigenvalue weighted by molar-refractivity contribution is 5.37. The van der Waals surface area contributed by atoms with Gasteiger partial charge in [0, 0.05) is 12.1 Å². The van der Waals surface area contributed by atoms with Crippen LogP contribution in [0.25, 0.3) is 0 Å². The average Bonchev–Trinajstić information content (AvgIpc) is 2.32. The minimum absolute atomic E-state index is 0.0731. The lowest BCUT2D eigenvalue weighted by Gasteiger charge is -2.39. The van der Waals surface area contributed by atoms with Gasteiger partial charge in [-0.25, -0.2) is 5.43 Å². The van der Waals surface area contributed by atoms with Crippen LogP contribution in [0.5, 0.6) is 0 Å². The van der Waals surface area contributed by atoms with Crippen LogP contribution in [0.1, 0.15) is 36.6 Å². The molecule has 0 radical (unpaired) electrons. The monoisotopic (exact) mass is 273 g/mol. The van der Waals surface area contributed by atoms with Gasteiger partial charge in [0.2, 0.25) is 0 Å². The van der Waals surface area contributed by atoms with E-state index in [2.05, 4.69) is 16.2 Å². The third-order valence-electron chi connectivity index (χ3n) is 3.54. The fraction of sp³-hybridized carbons (Fsp3) is 0.538. The molecule has 1 aliphatic rings. The summed E-state index contributed by atoms with van der Waals surface area (Å²) in [5, 5.41) is 3.26. The molecule has 1 aliphatic heterocycles. The molecule has 0 amide bonds. The van der Waals surface area contributed by atoms with Gasteiger partial charge in [0.15, 0.2) is 0 Å². The Morgan fingerprint density at radius 2 is 1.95 bits per heavy atom. The Morgan fingerprint density at radius 3 is 2.42 bits per heavy atom. The van der Waals surface area contributed by atoms with Crippen LogP contribution in [0.3, 0.4) is 0 Å². The second-order valence-electron chi connectivity index (χ2n) is 4.96. The van der Waals surface area contributed by atoms with Crippen molar-refractivity contribution in [2.45, 2.75) is 45.2 Å². The predicted molar refractivity (Wildman–Crippen MR) is 67.3 cm³/mol. The molecule has 2 rings (SSSR count). The molecule has 19 heavy (non-hydrogen) atoms. The van der Waals surface area contributed by atoms with E-state index in [-0.39, 0.29) is 23.8 Å². The van der Waals surface area contributed by atoms with E-state index in [1.165, 1.54) is 13.0 Å². The molecule has 3 N–H and O–H groups in total. The molecule has 0 aliphatic carbocycles. The molecule has 1 aromatic rings. The molecule has 0 bridgehead atoms. The first-order chi connectivity index (χ1) is 8.80. The molecule has 6 heteroatoms. The minimum Gasteiger partial charge on any atom is -0.293 e. The van der Waals surface area contributed by atoms with Crippen molar-refractivity contribution in [3.63, 3.8) is 0 Å². The SMILES string of the molecule is Cc1c([C@@H](C)NC2NN[C@@H]2C)cccc1C(F)(F)F. The Labute approximate surface area is 110 Å². The predicted octanol–water partition coefficient (Wildman–Crippen LogP) is 2.49. The number of rotatable bonds is 3. The maximum absolute atomic E-state index is 12.9. The van der Waals surface area contributed by atoms with Crippen molar-refractivity contribution < 1.29 is 13.2 Å². The molecular formula is C13H18F3N3. The van der Waals surface area contributed by atoms with E-state index in [4.69, 9.17) is 0 Å². The molecule has 1 unspecified atom stereocenters. The number of halogens is 3. The highest BCUT2D eigenvalue weighted by atomic mass is 19.4. The largest absolute Gasteiger partial charge is 0.416 e. The molecule has 106 valence electrons. The number of hydrogen-bond acceptors (Lipinski definition) is 3. The lowest BCUT2D eigenvalue weighted by atomic mass is 9.96. The summed E-state index contributed by atoms with van der Waals surface area (Å²) in [6, 6.07) is 4.42. The molecule has 1 heterocycles. The highest BCUT2D eigenvalue weighted by Crippen LogP contribution is 2.34. The van der Waals surface area contributed by atoms with Crippen LogP contribution in [0.2, 0.25) is 0 Å². The third kappa shape index (κ3) is 2.91. The molecule has 1 fully saturated rings. The van der Waals surface area contributed by atoms with Gasteiger partial charge in [-0.15, -0.1) is 0 Å². The summed E-state index contributed by atoms with van der Waals surface area (Å²) >= 11 is 0. The first-order valence-corrected chi connectivity index (χ1v) is 6.24. The van der Waals surface area contributed by atoms with Crippen LogP contribution in [0, 0.1) is 6.92 Å². The van der Waals surface area contributed by atoms with Gasteiger partial charge in [-0.1, -0.05) is 12.1 Å². The minimum atomic E-state index is -4.30. The quantitative estimate of drug-likeness (QED) is 0.792. The van der Waals surface area contributed by atoms with Crippen molar-refractivity contribution in [2.75, 3.05) is 0 Å². The maximum atomic E-state index is 12.9. The number of alkyl halides is 3. The van der Waals surface area contributed by atoms with Gasteiger partial charge in [-0.05, 0) is 38.0 Å². The number of hydrogen-bond donors (Lipinski definition) is 3. The van der Waals surface area contributed by atoms with E-state index in [1.54, 1.807) is 6.07 Å². The van der Waals surface area contributed by atoms with Crippen LogP contribution in [-0.2, 0) is 6.18 Å². The molecule has 0 aromatic heterocycles. The zero-order valence-electron chi connectivity index (χ0n) is 11.1.